The fourth-order valence-electron chi connectivity index (χ4n) is 1.14. The Labute approximate surface area is 98.4 Å². The van der Waals surface area contributed by atoms with Crippen molar-refractivity contribution < 1.29 is 14.3 Å². The molecule has 1 heterocycles. The number of rotatable bonds is 6. The van der Waals surface area contributed by atoms with Gasteiger partial charge in [0, 0.05) is 17.9 Å². The molecule has 0 saturated carbocycles. The highest BCUT2D eigenvalue weighted by Crippen LogP contribution is 2.19. The molecule has 0 spiro atoms. The average molecular weight is 244 g/mol. The summed E-state index contributed by atoms with van der Waals surface area (Å²) in [4.78, 5) is 11.3. The van der Waals surface area contributed by atoms with Gasteiger partial charge >= 0.3 is 5.91 Å². The minimum atomic E-state index is -0.421. The minimum Gasteiger partial charge on any atom is -0.459 e. The van der Waals surface area contributed by atoms with Gasteiger partial charge in [0.25, 0.3) is 0 Å². The number of nitrogen functional groups attached to an aromatic ring is 1. The number of thioether (sulfide) groups is 1. The maximum atomic E-state index is 11.3. The molecule has 0 aliphatic carbocycles. The van der Waals surface area contributed by atoms with Crippen LogP contribution in [0.2, 0.25) is 0 Å². The van der Waals surface area contributed by atoms with E-state index in [-0.39, 0.29) is 18.3 Å². The largest absolute Gasteiger partial charge is 0.459 e. The van der Waals surface area contributed by atoms with Gasteiger partial charge in [0.2, 0.25) is 0 Å². The van der Waals surface area contributed by atoms with Gasteiger partial charge in [0.05, 0.1) is 6.26 Å². The molecular formula is C10H16N2O3S. The van der Waals surface area contributed by atoms with Gasteiger partial charge in [-0.05, 0) is 17.7 Å². The summed E-state index contributed by atoms with van der Waals surface area (Å²) in [5.41, 5.74) is 2.85. The predicted molar refractivity (Wildman–Crippen MR) is 62.8 cm³/mol. The van der Waals surface area contributed by atoms with E-state index in [1.807, 2.05) is 12.3 Å². The maximum Gasteiger partial charge on any atom is 0.301 e. The van der Waals surface area contributed by atoms with Gasteiger partial charge in [-0.1, -0.05) is 6.92 Å². The topological polar surface area (TPSA) is 88.5 Å². The van der Waals surface area contributed by atoms with E-state index in [9.17, 15) is 4.79 Å². The van der Waals surface area contributed by atoms with E-state index < -0.39 is 5.91 Å². The lowest BCUT2D eigenvalue weighted by Crippen LogP contribution is -2.30. The van der Waals surface area contributed by atoms with Crippen molar-refractivity contribution in [2.24, 2.45) is 11.8 Å². The summed E-state index contributed by atoms with van der Waals surface area (Å²) in [5.74, 6) is 6.63. The fourth-order valence-corrected chi connectivity index (χ4v) is 2.21. The highest BCUT2D eigenvalue weighted by atomic mass is 32.2. The fraction of sp³-hybridized carbons (Fsp3) is 0.500. The van der Waals surface area contributed by atoms with Gasteiger partial charge < -0.3 is 9.52 Å². The predicted octanol–water partition coefficient (Wildman–Crippen LogP) is 0.745. The molecule has 1 aromatic rings. The average Bonchev–Trinajstić information content (AvgIpc) is 2.76. The van der Waals surface area contributed by atoms with E-state index in [2.05, 4.69) is 0 Å². The molecule has 0 radical (unpaired) electrons. The first-order valence-corrected chi connectivity index (χ1v) is 6.10. The van der Waals surface area contributed by atoms with Gasteiger partial charge in [0.15, 0.2) is 5.76 Å². The van der Waals surface area contributed by atoms with Gasteiger partial charge in [-0.3, -0.25) is 10.2 Å². The molecule has 0 bridgehead atoms. The number of nitrogens with one attached hydrogen (secondary N) is 1. The van der Waals surface area contributed by atoms with Crippen LogP contribution < -0.4 is 11.3 Å². The Kier molecular flexibility index (Phi) is 5.37. The van der Waals surface area contributed by atoms with E-state index in [1.54, 1.807) is 17.8 Å². The Morgan fingerprint density at radius 1 is 1.75 bits per heavy atom. The lowest BCUT2D eigenvalue weighted by molar-refractivity contribution is 0.0925. The van der Waals surface area contributed by atoms with Crippen LogP contribution in [0, 0.1) is 5.92 Å². The van der Waals surface area contributed by atoms with Crippen LogP contribution in [0.3, 0.4) is 0 Å². The Hall–Kier alpha value is -0.980. The second-order valence-electron chi connectivity index (χ2n) is 3.55. The van der Waals surface area contributed by atoms with Crippen molar-refractivity contribution in [2.75, 3.05) is 12.4 Å². The maximum absolute atomic E-state index is 11.3. The highest BCUT2D eigenvalue weighted by Gasteiger charge is 2.14. The Morgan fingerprint density at radius 2 is 2.50 bits per heavy atom. The number of hydrazine groups is 1. The van der Waals surface area contributed by atoms with Gasteiger partial charge in [0.1, 0.15) is 0 Å². The van der Waals surface area contributed by atoms with E-state index in [4.69, 9.17) is 15.4 Å². The molecule has 0 aliphatic heterocycles. The van der Waals surface area contributed by atoms with Crippen molar-refractivity contribution >= 4 is 17.7 Å². The number of nitrogens with two attached hydrogens (primary N) is 1. The summed E-state index contributed by atoms with van der Waals surface area (Å²) < 4.78 is 5.05. The zero-order valence-electron chi connectivity index (χ0n) is 9.10. The van der Waals surface area contributed by atoms with Gasteiger partial charge in [-0.2, -0.15) is 11.8 Å². The molecule has 1 amide bonds. The first-order valence-electron chi connectivity index (χ1n) is 4.95. The third-order valence-electron chi connectivity index (χ3n) is 2.06. The molecule has 4 N–H and O–H groups in total. The Bertz CT molecular complexity index is 341. The summed E-state index contributed by atoms with van der Waals surface area (Å²) >= 11 is 1.64. The molecule has 0 saturated heterocycles. The zero-order valence-corrected chi connectivity index (χ0v) is 9.92. The van der Waals surface area contributed by atoms with Gasteiger partial charge in [-0.15, -0.1) is 0 Å². The van der Waals surface area contributed by atoms with E-state index in [0.29, 0.717) is 5.75 Å². The monoisotopic (exact) mass is 244 g/mol. The lowest BCUT2D eigenvalue weighted by Gasteiger charge is -2.06. The number of furan rings is 1. The molecule has 1 aromatic heterocycles. The summed E-state index contributed by atoms with van der Waals surface area (Å²) in [7, 11) is 0. The number of aliphatic hydroxyl groups excluding tert-OH is 1. The third kappa shape index (κ3) is 3.55. The second kappa shape index (κ2) is 6.57. The molecule has 1 atom stereocenters. The summed E-state index contributed by atoms with van der Waals surface area (Å²) in [5, 5.41) is 8.86. The van der Waals surface area contributed by atoms with E-state index in [0.717, 1.165) is 11.3 Å². The molecular weight excluding hydrogens is 228 g/mol. The standard InChI is InChI=1S/C10H16N2O3S/c1-7(4-13)5-16-6-8-2-3-15-9(8)10(14)12-11/h2-3,7,13H,4-6,11H2,1H3,(H,12,14). The summed E-state index contributed by atoms with van der Waals surface area (Å²) in [6.07, 6.45) is 1.47. The van der Waals surface area contributed by atoms with E-state index >= 15 is 0 Å². The summed E-state index contributed by atoms with van der Waals surface area (Å²) in [6.45, 7) is 2.14. The van der Waals surface area contributed by atoms with E-state index in [1.165, 1.54) is 6.26 Å². The molecule has 1 rings (SSSR count). The highest BCUT2D eigenvalue weighted by molar-refractivity contribution is 7.98. The molecule has 0 aliphatic rings. The van der Waals surface area contributed by atoms with Crippen LogP contribution in [0.4, 0.5) is 0 Å². The molecule has 1 unspecified atom stereocenters. The van der Waals surface area contributed by atoms with Crippen LogP contribution in [0.15, 0.2) is 16.7 Å². The van der Waals surface area contributed by atoms with Crippen molar-refractivity contribution in [2.45, 2.75) is 12.7 Å². The minimum absolute atomic E-state index is 0.175. The molecule has 5 nitrogen and oxygen atoms in total. The second-order valence-corrected chi connectivity index (χ2v) is 4.58. The number of amides is 1. The van der Waals surface area contributed by atoms with Crippen LogP contribution in [-0.2, 0) is 5.75 Å². The van der Waals surface area contributed by atoms with Crippen LogP contribution in [-0.4, -0.2) is 23.4 Å². The Balaban J connectivity index is 2.48. The van der Waals surface area contributed by atoms with Crippen LogP contribution in [0.25, 0.3) is 0 Å². The molecule has 6 heteroatoms. The third-order valence-corrected chi connectivity index (χ3v) is 3.38. The first-order chi connectivity index (χ1) is 7.69. The van der Waals surface area contributed by atoms with Crippen molar-refractivity contribution in [3.63, 3.8) is 0 Å². The molecule has 0 aromatic carbocycles. The SMILES string of the molecule is CC(CO)CSCc1ccoc1C(=O)NN. The number of hydrogen-bond acceptors (Lipinski definition) is 5. The summed E-state index contributed by atoms with van der Waals surface area (Å²) in [6, 6.07) is 1.75. The lowest BCUT2D eigenvalue weighted by atomic mass is 10.2. The quantitative estimate of drug-likeness (QED) is 0.390. The number of hydrogen-bond donors (Lipinski definition) is 3. The molecule has 16 heavy (non-hydrogen) atoms. The van der Waals surface area contributed by atoms with Crippen LogP contribution in [0.1, 0.15) is 23.0 Å². The first kappa shape index (κ1) is 13.1. The smallest absolute Gasteiger partial charge is 0.301 e. The van der Waals surface area contributed by atoms with Crippen molar-refractivity contribution in [1.82, 2.24) is 5.43 Å². The molecule has 0 fully saturated rings. The zero-order chi connectivity index (χ0) is 12.0. The van der Waals surface area contributed by atoms with Gasteiger partial charge in [-0.25, -0.2) is 5.84 Å². The Morgan fingerprint density at radius 3 is 3.12 bits per heavy atom. The number of carbonyl (C=O) groups excluding carboxylic acids is 1. The van der Waals surface area contributed by atoms with Crippen molar-refractivity contribution in [1.29, 1.82) is 0 Å². The number of carbonyl (C=O) groups is 1. The van der Waals surface area contributed by atoms with Crippen molar-refractivity contribution in [3.05, 3.63) is 23.7 Å². The number of aliphatic hydroxyl groups is 1. The van der Waals surface area contributed by atoms with Crippen molar-refractivity contribution in [3.8, 4) is 0 Å². The normalized spacial score (nSPS) is 12.4. The van der Waals surface area contributed by atoms with Crippen LogP contribution >= 0.6 is 11.8 Å². The molecule has 90 valence electrons. The van der Waals surface area contributed by atoms with Crippen LogP contribution in [0.5, 0.6) is 0 Å².